The van der Waals surface area contributed by atoms with Gasteiger partial charge in [-0.25, -0.2) is 4.98 Å². The molecule has 2 fully saturated rings. The first-order valence-corrected chi connectivity index (χ1v) is 10.0. The molecule has 2 aliphatic carbocycles. The smallest absolute Gasteiger partial charge is 0.306 e. The molecule has 6 heteroatoms. The topological polar surface area (TPSA) is 79.5 Å². The fourth-order valence-electron chi connectivity index (χ4n) is 4.95. The molecular formula is C22H24N4O2. The number of benzene rings is 1. The second kappa shape index (κ2) is 6.62. The van der Waals surface area contributed by atoms with Gasteiger partial charge in [0.05, 0.1) is 17.8 Å². The molecular weight excluding hydrogens is 352 g/mol. The molecule has 1 spiro atoms. The standard InChI is InChI=1S/C22H24N4O2/c27-21(28)16-6-9-22(10-7-16)13-17(14-22)24-20-12-18(15-4-2-1-3-5-15)25-19-8-11-23-26(19)20/h1-5,8,11-12,16-17,24H,6-7,9-10,13-14H2,(H,27,28). The molecule has 0 radical (unpaired) electrons. The van der Waals surface area contributed by atoms with Crippen LogP contribution in [0, 0.1) is 11.3 Å². The first kappa shape index (κ1) is 17.2. The highest BCUT2D eigenvalue weighted by Gasteiger charge is 2.47. The monoisotopic (exact) mass is 376 g/mol. The van der Waals surface area contributed by atoms with Gasteiger partial charge in [0.15, 0.2) is 5.65 Å². The molecule has 6 nitrogen and oxygen atoms in total. The zero-order valence-corrected chi connectivity index (χ0v) is 15.7. The van der Waals surface area contributed by atoms with Gasteiger partial charge in [0.25, 0.3) is 0 Å². The molecule has 2 N–H and O–H groups in total. The molecule has 0 unspecified atom stereocenters. The zero-order chi connectivity index (χ0) is 19.1. The molecule has 3 aromatic rings. The summed E-state index contributed by atoms with van der Waals surface area (Å²) in [7, 11) is 0. The molecule has 0 bridgehead atoms. The van der Waals surface area contributed by atoms with Gasteiger partial charge < -0.3 is 10.4 Å². The minimum atomic E-state index is -0.629. The van der Waals surface area contributed by atoms with Crippen LogP contribution < -0.4 is 5.32 Å². The van der Waals surface area contributed by atoms with Crippen LogP contribution in [0.15, 0.2) is 48.7 Å². The van der Waals surface area contributed by atoms with Crippen LogP contribution in [0.1, 0.15) is 38.5 Å². The van der Waals surface area contributed by atoms with E-state index in [0.717, 1.165) is 61.2 Å². The molecule has 2 saturated carbocycles. The third-order valence-electron chi connectivity index (χ3n) is 6.54. The number of aromatic nitrogens is 3. The van der Waals surface area contributed by atoms with Crippen molar-refractivity contribution in [2.24, 2.45) is 11.3 Å². The van der Waals surface area contributed by atoms with Gasteiger partial charge in [0.1, 0.15) is 5.82 Å². The lowest BCUT2D eigenvalue weighted by Crippen LogP contribution is -2.47. The molecule has 144 valence electrons. The Hall–Kier alpha value is -2.89. The zero-order valence-electron chi connectivity index (χ0n) is 15.7. The van der Waals surface area contributed by atoms with E-state index in [1.165, 1.54) is 0 Å². The molecule has 0 atom stereocenters. The lowest BCUT2D eigenvalue weighted by atomic mass is 9.57. The van der Waals surface area contributed by atoms with Crippen LogP contribution in [0.3, 0.4) is 0 Å². The minimum Gasteiger partial charge on any atom is -0.481 e. The van der Waals surface area contributed by atoms with E-state index in [2.05, 4.69) is 28.6 Å². The van der Waals surface area contributed by atoms with Crippen LogP contribution in [-0.2, 0) is 4.79 Å². The Morgan fingerprint density at radius 1 is 1.14 bits per heavy atom. The Labute approximate surface area is 163 Å². The van der Waals surface area contributed by atoms with Crippen LogP contribution in [0.4, 0.5) is 5.82 Å². The largest absolute Gasteiger partial charge is 0.481 e. The molecule has 1 aromatic carbocycles. The van der Waals surface area contributed by atoms with Crippen molar-refractivity contribution in [3.63, 3.8) is 0 Å². The molecule has 0 amide bonds. The highest BCUT2D eigenvalue weighted by molar-refractivity contribution is 5.70. The molecule has 2 aromatic heterocycles. The number of anilines is 1. The lowest BCUT2D eigenvalue weighted by molar-refractivity contribution is -0.144. The normalized spacial score (nSPS) is 26.9. The van der Waals surface area contributed by atoms with Crippen molar-refractivity contribution in [3.8, 4) is 11.3 Å². The van der Waals surface area contributed by atoms with Crippen molar-refractivity contribution in [1.29, 1.82) is 0 Å². The second-order valence-corrected chi connectivity index (χ2v) is 8.36. The third-order valence-corrected chi connectivity index (χ3v) is 6.54. The Bertz CT molecular complexity index is 998. The highest BCUT2D eigenvalue weighted by atomic mass is 16.4. The van der Waals surface area contributed by atoms with Gasteiger partial charge in [-0.1, -0.05) is 30.3 Å². The maximum Gasteiger partial charge on any atom is 0.306 e. The van der Waals surface area contributed by atoms with Crippen LogP contribution in [-0.4, -0.2) is 31.7 Å². The summed E-state index contributed by atoms with van der Waals surface area (Å²) >= 11 is 0. The van der Waals surface area contributed by atoms with Gasteiger partial charge in [-0.3, -0.25) is 4.79 Å². The van der Waals surface area contributed by atoms with E-state index < -0.39 is 5.97 Å². The van der Waals surface area contributed by atoms with Gasteiger partial charge in [-0.05, 0) is 43.9 Å². The van der Waals surface area contributed by atoms with Crippen LogP contribution in [0.2, 0.25) is 0 Å². The number of nitrogens with one attached hydrogen (secondary N) is 1. The van der Waals surface area contributed by atoms with E-state index in [-0.39, 0.29) is 5.92 Å². The minimum absolute atomic E-state index is 0.144. The van der Waals surface area contributed by atoms with E-state index in [9.17, 15) is 9.90 Å². The van der Waals surface area contributed by atoms with Gasteiger partial charge in [0, 0.05) is 23.7 Å². The number of carboxylic acid groups (broad SMARTS) is 1. The van der Waals surface area contributed by atoms with Crippen molar-refractivity contribution in [2.75, 3.05) is 5.32 Å². The van der Waals surface area contributed by atoms with E-state index in [0.29, 0.717) is 11.5 Å². The number of carbonyl (C=O) groups is 1. The number of carboxylic acids is 1. The number of hydrogen-bond donors (Lipinski definition) is 2. The quantitative estimate of drug-likeness (QED) is 0.712. The summed E-state index contributed by atoms with van der Waals surface area (Å²) in [4.78, 5) is 15.9. The first-order chi connectivity index (χ1) is 13.6. The molecule has 5 rings (SSSR count). The van der Waals surface area contributed by atoms with Crippen LogP contribution in [0.25, 0.3) is 16.9 Å². The molecule has 0 saturated heterocycles. The van der Waals surface area contributed by atoms with E-state index in [1.807, 2.05) is 28.8 Å². The van der Waals surface area contributed by atoms with Crippen molar-refractivity contribution >= 4 is 17.4 Å². The summed E-state index contributed by atoms with van der Waals surface area (Å²) in [6.45, 7) is 0. The fraction of sp³-hybridized carbons (Fsp3) is 0.409. The summed E-state index contributed by atoms with van der Waals surface area (Å²) in [5, 5.41) is 17.3. The Morgan fingerprint density at radius 3 is 2.61 bits per heavy atom. The number of hydrogen-bond acceptors (Lipinski definition) is 4. The summed E-state index contributed by atoms with van der Waals surface area (Å²) in [5.74, 6) is 0.193. The second-order valence-electron chi connectivity index (χ2n) is 8.36. The Morgan fingerprint density at radius 2 is 1.89 bits per heavy atom. The molecule has 2 aliphatic rings. The number of aliphatic carboxylic acids is 1. The van der Waals surface area contributed by atoms with E-state index >= 15 is 0 Å². The van der Waals surface area contributed by atoms with Crippen molar-refractivity contribution < 1.29 is 9.90 Å². The van der Waals surface area contributed by atoms with Gasteiger partial charge >= 0.3 is 5.97 Å². The maximum atomic E-state index is 11.2. The van der Waals surface area contributed by atoms with Crippen LogP contribution in [0.5, 0.6) is 0 Å². The van der Waals surface area contributed by atoms with Crippen molar-refractivity contribution in [3.05, 3.63) is 48.7 Å². The SMILES string of the molecule is O=C(O)C1CCC2(CC1)CC(Nc1cc(-c3ccccc3)nc3ccnn13)C2. The Kier molecular flexibility index (Phi) is 4.07. The van der Waals surface area contributed by atoms with Crippen molar-refractivity contribution in [2.45, 2.75) is 44.6 Å². The summed E-state index contributed by atoms with van der Waals surface area (Å²) in [6.07, 6.45) is 7.68. The summed E-state index contributed by atoms with van der Waals surface area (Å²) in [5.41, 5.74) is 3.19. The molecule has 28 heavy (non-hydrogen) atoms. The third kappa shape index (κ3) is 3.03. The van der Waals surface area contributed by atoms with Gasteiger partial charge in [-0.15, -0.1) is 0 Å². The predicted molar refractivity (Wildman–Crippen MR) is 107 cm³/mol. The predicted octanol–water partition coefficient (Wildman–Crippen LogP) is 4.23. The molecule has 2 heterocycles. The lowest BCUT2D eigenvalue weighted by Gasteiger charge is -2.51. The first-order valence-electron chi connectivity index (χ1n) is 10.0. The number of rotatable bonds is 4. The van der Waals surface area contributed by atoms with Gasteiger partial charge in [-0.2, -0.15) is 9.61 Å². The van der Waals surface area contributed by atoms with Crippen molar-refractivity contribution in [1.82, 2.24) is 14.6 Å². The Balaban J connectivity index is 1.33. The maximum absolute atomic E-state index is 11.2. The van der Waals surface area contributed by atoms with E-state index in [4.69, 9.17) is 4.98 Å². The number of nitrogens with zero attached hydrogens (tertiary/aromatic N) is 3. The fourth-order valence-corrected chi connectivity index (χ4v) is 4.95. The summed E-state index contributed by atoms with van der Waals surface area (Å²) in [6, 6.07) is 14.6. The van der Waals surface area contributed by atoms with E-state index in [1.54, 1.807) is 6.20 Å². The molecule has 0 aliphatic heterocycles. The summed E-state index contributed by atoms with van der Waals surface area (Å²) < 4.78 is 1.86. The number of fused-ring (bicyclic) bond motifs is 1. The highest BCUT2D eigenvalue weighted by Crippen LogP contribution is 2.53. The average Bonchev–Trinajstić information content (AvgIpc) is 3.17. The van der Waals surface area contributed by atoms with Crippen LogP contribution >= 0.6 is 0 Å². The average molecular weight is 376 g/mol. The van der Waals surface area contributed by atoms with Gasteiger partial charge in [0.2, 0.25) is 0 Å².